The summed E-state index contributed by atoms with van der Waals surface area (Å²) in [6, 6.07) is 13.4. The number of furan rings is 1. The summed E-state index contributed by atoms with van der Waals surface area (Å²) in [6.45, 7) is 0.248. The second-order valence-corrected chi connectivity index (χ2v) is 4.26. The summed E-state index contributed by atoms with van der Waals surface area (Å²) < 4.78 is 24.1. The van der Waals surface area contributed by atoms with E-state index < -0.39 is 0 Å². The van der Waals surface area contributed by atoms with Gasteiger partial charge in [-0.15, -0.1) is 0 Å². The van der Waals surface area contributed by atoms with Gasteiger partial charge in [0.25, 0.3) is 0 Å². The third-order valence-electron chi connectivity index (χ3n) is 2.77. The molecular weight excluding hydrogens is 245 g/mol. The van der Waals surface area contributed by atoms with Crippen molar-refractivity contribution in [1.82, 2.24) is 0 Å². The zero-order valence-corrected chi connectivity index (χ0v) is 10.1. The molecule has 1 heterocycles. The van der Waals surface area contributed by atoms with E-state index in [9.17, 15) is 4.39 Å². The highest BCUT2D eigenvalue weighted by Gasteiger charge is 2.05. The van der Waals surface area contributed by atoms with Gasteiger partial charge in [0.1, 0.15) is 29.5 Å². The van der Waals surface area contributed by atoms with Gasteiger partial charge in [0.2, 0.25) is 0 Å². The van der Waals surface area contributed by atoms with E-state index in [-0.39, 0.29) is 12.4 Å². The zero-order valence-electron chi connectivity index (χ0n) is 10.1. The predicted octanol–water partition coefficient (Wildman–Crippen LogP) is 3.73. The maximum absolute atomic E-state index is 13.0. The summed E-state index contributed by atoms with van der Waals surface area (Å²) in [5.74, 6) is 0.819. The van der Waals surface area contributed by atoms with Gasteiger partial charge in [-0.25, -0.2) is 4.39 Å². The molecule has 3 aromatic rings. The minimum atomic E-state index is -0.324. The number of hydrogen-bond acceptors (Lipinski definition) is 3. The Kier molecular flexibility index (Phi) is 2.83. The number of anilines is 1. The van der Waals surface area contributed by atoms with Crippen LogP contribution in [0, 0.1) is 5.82 Å². The van der Waals surface area contributed by atoms with Crippen molar-refractivity contribution in [2.75, 3.05) is 5.73 Å². The smallest absolute Gasteiger partial charge is 0.146 e. The summed E-state index contributed by atoms with van der Waals surface area (Å²) in [5, 5.41) is 0.965. The minimum Gasteiger partial charge on any atom is -0.486 e. The van der Waals surface area contributed by atoms with Gasteiger partial charge in [0.05, 0.1) is 0 Å². The minimum absolute atomic E-state index is 0.248. The molecule has 3 nitrogen and oxygen atoms in total. The quantitative estimate of drug-likeness (QED) is 0.727. The van der Waals surface area contributed by atoms with Gasteiger partial charge >= 0.3 is 0 Å². The fourth-order valence-electron chi connectivity index (χ4n) is 1.89. The van der Waals surface area contributed by atoms with Crippen molar-refractivity contribution in [2.45, 2.75) is 6.61 Å². The van der Waals surface area contributed by atoms with Crippen molar-refractivity contribution in [1.29, 1.82) is 0 Å². The van der Waals surface area contributed by atoms with Crippen LogP contribution in [0.2, 0.25) is 0 Å². The Balaban J connectivity index is 1.78. The summed E-state index contributed by atoms with van der Waals surface area (Å²) in [7, 11) is 0. The highest BCUT2D eigenvalue weighted by atomic mass is 19.1. The van der Waals surface area contributed by atoms with Crippen LogP contribution in [0.1, 0.15) is 5.76 Å². The maximum Gasteiger partial charge on any atom is 0.146 e. The molecule has 0 bridgehead atoms. The average molecular weight is 257 g/mol. The molecule has 96 valence electrons. The van der Waals surface area contributed by atoms with Gasteiger partial charge in [-0.1, -0.05) is 6.07 Å². The van der Waals surface area contributed by atoms with E-state index in [1.807, 2.05) is 18.2 Å². The van der Waals surface area contributed by atoms with Crippen LogP contribution in [0.25, 0.3) is 11.0 Å². The summed E-state index contributed by atoms with van der Waals surface area (Å²) in [4.78, 5) is 0. The average Bonchev–Trinajstić information content (AvgIpc) is 2.78. The monoisotopic (exact) mass is 257 g/mol. The van der Waals surface area contributed by atoms with Gasteiger partial charge in [0.15, 0.2) is 0 Å². The van der Waals surface area contributed by atoms with Crippen molar-refractivity contribution in [3.05, 3.63) is 60.1 Å². The fourth-order valence-corrected chi connectivity index (χ4v) is 1.89. The number of hydrogen-bond donors (Lipinski definition) is 1. The first-order chi connectivity index (χ1) is 9.20. The maximum atomic E-state index is 13.0. The molecule has 4 heteroatoms. The Morgan fingerprint density at radius 2 is 2.00 bits per heavy atom. The van der Waals surface area contributed by atoms with Crippen molar-refractivity contribution in [3.8, 4) is 5.75 Å². The SMILES string of the molecule is Nc1ccc2cc(COc3cccc(F)c3)oc2c1. The van der Waals surface area contributed by atoms with E-state index in [1.165, 1.54) is 12.1 Å². The van der Waals surface area contributed by atoms with E-state index in [0.29, 0.717) is 17.2 Å². The molecule has 19 heavy (non-hydrogen) atoms. The van der Waals surface area contributed by atoms with Gasteiger partial charge in [-0.2, -0.15) is 0 Å². The zero-order chi connectivity index (χ0) is 13.2. The number of rotatable bonds is 3. The molecule has 0 amide bonds. The lowest BCUT2D eigenvalue weighted by molar-refractivity contribution is 0.273. The molecule has 0 fully saturated rings. The van der Waals surface area contributed by atoms with E-state index in [0.717, 1.165) is 11.0 Å². The highest BCUT2D eigenvalue weighted by Crippen LogP contribution is 2.23. The molecule has 1 aromatic heterocycles. The molecule has 0 aliphatic carbocycles. The number of halogens is 1. The Morgan fingerprint density at radius 1 is 1.11 bits per heavy atom. The van der Waals surface area contributed by atoms with Crippen LogP contribution in [0.5, 0.6) is 5.75 Å². The molecule has 0 unspecified atom stereocenters. The van der Waals surface area contributed by atoms with E-state index >= 15 is 0 Å². The van der Waals surface area contributed by atoms with Crippen molar-refractivity contribution >= 4 is 16.7 Å². The number of ether oxygens (including phenoxy) is 1. The van der Waals surface area contributed by atoms with Crippen LogP contribution in [0.3, 0.4) is 0 Å². The summed E-state index contributed by atoms with van der Waals surface area (Å²) >= 11 is 0. The molecule has 0 aliphatic heterocycles. The Labute approximate surface area is 109 Å². The molecular formula is C15H12FNO2. The number of nitrogen functional groups attached to an aromatic ring is 1. The molecule has 0 saturated heterocycles. The van der Waals surface area contributed by atoms with Crippen molar-refractivity contribution in [3.63, 3.8) is 0 Å². The Morgan fingerprint density at radius 3 is 2.84 bits per heavy atom. The van der Waals surface area contributed by atoms with Crippen LogP contribution < -0.4 is 10.5 Å². The van der Waals surface area contributed by atoms with E-state index in [1.54, 1.807) is 18.2 Å². The summed E-state index contributed by atoms with van der Waals surface area (Å²) in [6.07, 6.45) is 0. The normalized spacial score (nSPS) is 10.8. The van der Waals surface area contributed by atoms with Crippen LogP contribution in [-0.2, 0) is 6.61 Å². The second-order valence-electron chi connectivity index (χ2n) is 4.26. The van der Waals surface area contributed by atoms with E-state index in [2.05, 4.69) is 0 Å². The molecule has 0 saturated carbocycles. The molecule has 2 N–H and O–H groups in total. The number of fused-ring (bicyclic) bond motifs is 1. The molecule has 0 spiro atoms. The molecule has 0 aliphatic rings. The standard InChI is InChI=1S/C15H12FNO2/c16-11-2-1-3-13(7-11)18-9-14-6-10-4-5-12(17)8-15(10)19-14/h1-8H,9,17H2. The van der Waals surface area contributed by atoms with Gasteiger partial charge < -0.3 is 14.9 Å². The third-order valence-corrected chi connectivity index (χ3v) is 2.77. The first-order valence-electron chi connectivity index (χ1n) is 5.87. The fraction of sp³-hybridized carbons (Fsp3) is 0.0667. The van der Waals surface area contributed by atoms with Crippen LogP contribution in [0.4, 0.5) is 10.1 Å². The Bertz CT molecular complexity index is 721. The lowest BCUT2D eigenvalue weighted by Gasteiger charge is -2.03. The summed E-state index contributed by atoms with van der Waals surface area (Å²) in [5.41, 5.74) is 7.05. The van der Waals surface area contributed by atoms with Gasteiger partial charge in [0, 0.05) is 23.2 Å². The number of benzene rings is 2. The second kappa shape index (κ2) is 4.65. The topological polar surface area (TPSA) is 48.4 Å². The third kappa shape index (κ3) is 2.52. The number of nitrogens with two attached hydrogens (primary N) is 1. The van der Waals surface area contributed by atoms with E-state index in [4.69, 9.17) is 14.9 Å². The first-order valence-corrected chi connectivity index (χ1v) is 5.87. The lowest BCUT2D eigenvalue weighted by Crippen LogP contribution is -1.93. The van der Waals surface area contributed by atoms with Gasteiger partial charge in [-0.3, -0.25) is 0 Å². The van der Waals surface area contributed by atoms with Crippen LogP contribution >= 0.6 is 0 Å². The first kappa shape index (κ1) is 11.6. The van der Waals surface area contributed by atoms with Crippen molar-refractivity contribution < 1.29 is 13.5 Å². The van der Waals surface area contributed by atoms with Crippen LogP contribution in [0.15, 0.2) is 52.9 Å². The lowest BCUT2D eigenvalue weighted by atomic mass is 10.2. The van der Waals surface area contributed by atoms with Crippen LogP contribution in [-0.4, -0.2) is 0 Å². The van der Waals surface area contributed by atoms with Crippen molar-refractivity contribution in [2.24, 2.45) is 0 Å². The van der Waals surface area contributed by atoms with Gasteiger partial charge in [-0.05, 0) is 30.3 Å². The largest absolute Gasteiger partial charge is 0.486 e. The molecule has 0 radical (unpaired) electrons. The molecule has 2 aromatic carbocycles. The molecule has 3 rings (SSSR count). The predicted molar refractivity (Wildman–Crippen MR) is 71.4 cm³/mol. The Hall–Kier alpha value is -2.49. The highest BCUT2D eigenvalue weighted by molar-refractivity contribution is 5.81. The molecule has 0 atom stereocenters.